The van der Waals surface area contributed by atoms with E-state index in [9.17, 15) is 8.42 Å². The second-order valence-electron chi connectivity index (χ2n) is 5.38. The van der Waals surface area contributed by atoms with E-state index in [1.165, 1.54) is 0 Å². The lowest BCUT2D eigenvalue weighted by molar-refractivity contribution is 0.00209. The maximum Gasteiger partial charge on any atom is 0.209 e. The van der Waals surface area contributed by atoms with Crippen molar-refractivity contribution in [2.24, 2.45) is 10.6 Å². The molecule has 0 aliphatic carbocycles. The van der Waals surface area contributed by atoms with Gasteiger partial charge in [0.05, 0.1) is 19.5 Å². The zero-order chi connectivity index (χ0) is 15.3. The fourth-order valence-corrected chi connectivity index (χ4v) is 3.70. The third-order valence-electron chi connectivity index (χ3n) is 3.67. The molecule has 1 saturated heterocycles. The van der Waals surface area contributed by atoms with E-state index >= 15 is 0 Å². The number of rotatable bonds is 6. The van der Waals surface area contributed by atoms with Crippen molar-refractivity contribution in [3.05, 3.63) is 24.3 Å². The lowest BCUT2D eigenvalue weighted by Gasteiger charge is -2.36. The van der Waals surface area contributed by atoms with E-state index in [0.29, 0.717) is 38.4 Å². The first-order valence-electron chi connectivity index (χ1n) is 6.78. The van der Waals surface area contributed by atoms with Crippen LogP contribution in [0.2, 0.25) is 0 Å². The van der Waals surface area contributed by atoms with Gasteiger partial charge in [0, 0.05) is 18.6 Å². The number of benzene rings is 1. The Morgan fingerprint density at radius 3 is 2.29 bits per heavy atom. The van der Waals surface area contributed by atoms with Crippen molar-refractivity contribution in [2.75, 3.05) is 32.7 Å². The quantitative estimate of drug-likeness (QED) is 0.851. The minimum absolute atomic E-state index is 0.0838. The van der Waals surface area contributed by atoms with Crippen LogP contribution in [0.4, 0.5) is 0 Å². The molecule has 1 fully saturated rings. The molecule has 1 aromatic carbocycles. The molecule has 21 heavy (non-hydrogen) atoms. The smallest absolute Gasteiger partial charge is 0.209 e. The van der Waals surface area contributed by atoms with Gasteiger partial charge in [0.2, 0.25) is 10.0 Å². The van der Waals surface area contributed by atoms with Crippen LogP contribution in [-0.4, -0.2) is 41.1 Å². The zero-order valence-corrected chi connectivity index (χ0v) is 12.9. The van der Waals surface area contributed by atoms with E-state index in [4.69, 9.17) is 19.3 Å². The van der Waals surface area contributed by atoms with Crippen LogP contribution in [0.5, 0.6) is 11.5 Å². The number of methoxy groups -OCH3 is 1. The maximum atomic E-state index is 11.5. The van der Waals surface area contributed by atoms with E-state index in [-0.39, 0.29) is 5.75 Å². The van der Waals surface area contributed by atoms with Gasteiger partial charge >= 0.3 is 0 Å². The number of hydrogen-bond acceptors (Lipinski definition) is 5. The predicted molar refractivity (Wildman–Crippen MR) is 78.9 cm³/mol. The molecular weight excluding hydrogens is 294 g/mol. The van der Waals surface area contributed by atoms with Crippen LogP contribution in [0.3, 0.4) is 0 Å². The molecule has 6 nitrogen and oxygen atoms in total. The summed E-state index contributed by atoms with van der Waals surface area (Å²) in [5, 5.41) is 5.22. The van der Waals surface area contributed by atoms with Crippen molar-refractivity contribution >= 4 is 10.0 Å². The number of hydrogen-bond donors (Lipinski definition) is 1. The summed E-state index contributed by atoms with van der Waals surface area (Å²) < 4.78 is 39.1. The number of sulfonamides is 1. The molecule has 1 heterocycles. The Bertz CT molecular complexity index is 549. The van der Waals surface area contributed by atoms with Crippen LogP contribution in [0.1, 0.15) is 12.8 Å². The predicted octanol–water partition coefficient (Wildman–Crippen LogP) is 1.16. The highest BCUT2D eigenvalue weighted by atomic mass is 32.2. The van der Waals surface area contributed by atoms with E-state index in [1.807, 2.05) is 0 Å². The van der Waals surface area contributed by atoms with Crippen molar-refractivity contribution in [1.29, 1.82) is 0 Å². The SMILES string of the molecule is COc1ccc(OCC2(CS(N)(=O)=O)CCOCC2)cc1. The number of primary sulfonamides is 1. The van der Waals surface area contributed by atoms with E-state index in [1.54, 1.807) is 31.4 Å². The summed E-state index contributed by atoms with van der Waals surface area (Å²) in [4.78, 5) is 0. The Balaban J connectivity index is 2.04. The molecule has 1 aromatic rings. The van der Waals surface area contributed by atoms with Crippen molar-refractivity contribution < 1.29 is 22.6 Å². The van der Waals surface area contributed by atoms with Crippen LogP contribution in [0.25, 0.3) is 0 Å². The molecule has 0 atom stereocenters. The Labute approximate surface area is 125 Å². The maximum absolute atomic E-state index is 11.5. The molecule has 0 unspecified atom stereocenters. The largest absolute Gasteiger partial charge is 0.497 e. The van der Waals surface area contributed by atoms with Crippen molar-refractivity contribution in [3.63, 3.8) is 0 Å². The fraction of sp³-hybridized carbons (Fsp3) is 0.571. The lowest BCUT2D eigenvalue weighted by atomic mass is 9.83. The van der Waals surface area contributed by atoms with Gasteiger partial charge in [0.1, 0.15) is 11.5 Å². The number of ether oxygens (including phenoxy) is 3. The Morgan fingerprint density at radius 1 is 1.19 bits per heavy atom. The van der Waals surface area contributed by atoms with Crippen LogP contribution in [-0.2, 0) is 14.8 Å². The van der Waals surface area contributed by atoms with Crippen molar-refractivity contribution in [1.82, 2.24) is 0 Å². The standard InChI is InChI=1S/C14H21NO5S/c1-18-12-2-4-13(5-3-12)20-10-14(11-21(15,16)17)6-8-19-9-7-14/h2-5H,6-11H2,1H3,(H2,15,16,17). The molecule has 0 bridgehead atoms. The van der Waals surface area contributed by atoms with Gasteiger partial charge in [-0.3, -0.25) is 0 Å². The van der Waals surface area contributed by atoms with Gasteiger partial charge in [0.25, 0.3) is 0 Å². The molecule has 2 N–H and O–H groups in total. The minimum Gasteiger partial charge on any atom is -0.497 e. The molecule has 0 amide bonds. The van der Waals surface area contributed by atoms with Crippen LogP contribution in [0, 0.1) is 5.41 Å². The molecule has 118 valence electrons. The lowest BCUT2D eigenvalue weighted by Crippen LogP contribution is -2.42. The fourth-order valence-electron chi connectivity index (χ4n) is 2.47. The summed E-state index contributed by atoms with van der Waals surface area (Å²) in [5.74, 6) is 1.34. The van der Waals surface area contributed by atoms with Crippen molar-refractivity contribution in [2.45, 2.75) is 12.8 Å². The molecule has 0 saturated carbocycles. The molecule has 7 heteroatoms. The van der Waals surface area contributed by atoms with E-state index in [0.717, 1.165) is 5.75 Å². The number of nitrogens with two attached hydrogens (primary N) is 1. The van der Waals surface area contributed by atoms with Gasteiger partial charge in [-0.2, -0.15) is 0 Å². The third-order valence-corrected chi connectivity index (χ3v) is 4.68. The summed E-state index contributed by atoms with van der Waals surface area (Å²) in [6, 6.07) is 7.18. The van der Waals surface area contributed by atoms with Gasteiger partial charge in [-0.15, -0.1) is 0 Å². The molecular formula is C14H21NO5S. The summed E-state index contributed by atoms with van der Waals surface area (Å²) in [6.45, 7) is 1.36. The minimum atomic E-state index is -3.55. The Kier molecular flexibility index (Phi) is 5.08. The molecule has 2 rings (SSSR count). The summed E-state index contributed by atoms with van der Waals surface area (Å²) in [6.07, 6.45) is 1.25. The third kappa shape index (κ3) is 4.87. The average molecular weight is 315 g/mol. The molecule has 0 radical (unpaired) electrons. The first-order valence-corrected chi connectivity index (χ1v) is 8.49. The van der Waals surface area contributed by atoms with E-state index in [2.05, 4.69) is 0 Å². The summed E-state index contributed by atoms with van der Waals surface area (Å²) >= 11 is 0. The van der Waals surface area contributed by atoms with Gasteiger partial charge in [-0.25, -0.2) is 13.6 Å². The molecule has 1 aliphatic heterocycles. The zero-order valence-electron chi connectivity index (χ0n) is 12.1. The highest BCUT2D eigenvalue weighted by Crippen LogP contribution is 2.33. The summed E-state index contributed by atoms with van der Waals surface area (Å²) in [5.41, 5.74) is -0.480. The highest BCUT2D eigenvalue weighted by molar-refractivity contribution is 7.89. The van der Waals surface area contributed by atoms with Gasteiger partial charge in [-0.1, -0.05) is 0 Å². The highest BCUT2D eigenvalue weighted by Gasteiger charge is 2.37. The Morgan fingerprint density at radius 2 is 1.76 bits per heavy atom. The van der Waals surface area contributed by atoms with Crippen LogP contribution in [0.15, 0.2) is 24.3 Å². The second-order valence-corrected chi connectivity index (χ2v) is 7.00. The van der Waals surface area contributed by atoms with Crippen LogP contribution < -0.4 is 14.6 Å². The first-order chi connectivity index (χ1) is 9.92. The molecule has 0 spiro atoms. The van der Waals surface area contributed by atoms with Crippen LogP contribution >= 0.6 is 0 Å². The molecule has 0 aromatic heterocycles. The topological polar surface area (TPSA) is 87.9 Å². The average Bonchev–Trinajstić information content (AvgIpc) is 2.45. The first kappa shape index (κ1) is 16.1. The molecule has 1 aliphatic rings. The van der Waals surface area contributed by atoms with Crippen molar-refractivity contribution in [3.8, 4) is 11.5 Å². The van der Waals surface area contributed by atoms with Gasteiger partial charge < -0.3 is 14.2 Å². The van der Waals surface area contributed by atoms with Gasteiger partial charge in [-0.05, 0) is 37.1 Å². The van der Waals surface area contributed by atoms with E-state index < -0.39 is 15.4 Å². The van der Waals surface area contributed by atoms with Gasteiger partial charge in [0.15, 0.2) is 0 Å². The normalized spacial score (nSPS) is 18.2. The second kappa shape index (κ2) is 6.64. The Hall–Kier alpha value is -1.31. The monoisotopic (exact) mass is 315 g/mol. The summed E-state index contributed by atoms with van der Waals surface area (Å²) in [7, 11) is -1.96.